The van der Waals surface area contributed by atoms with Crippen molar-refractivity contribution in [3.8, 4) is 0 Å². The van der Waals surface area contributed by atoms with E-state index in [0.29, 0.717) is 42.0 Å². The average molecular weight is 467 g/mol. The van der Waals surface area contributed by atoms with Gasteiger partial charge in [-0.2, -0.15) is 0 Å². The molecule has 1 aliphatic heterocycles. The number of halogens is 2. The van der Waals surface area contributed by atoms with Crippen LogP contribution in [-0.4, -0.2) is 52.3 Å². The van der Waals surface area contributed by atoms with Crippen molar-refractivity contribution in [2.45, 2.75) is 32.9 Å². The van der Waals surface area contributed by atoms with Gasteiger partial charge in [-0.25, -0.2) is 14.2 Å². The number of ether oxygens (including phenoxy) is 1. The number of aromatic nitrogens is 2. The van der Waals surface area contributed by atoms with Crippen LogP contribution in [0.4, 0.5) is 15.0 Å². The highest BCUT2D eigenvalue weighted by molar-refractivity contribution is 9.10. The minimum atomic E-state index is -0.537. The highest BCUT2D eigenvalue weighted by atomic mass is 79.9. The second-order valence-corrected chi connectivity index (χ2v) is 8.69. The number of amides is 1. The van der Waals surface area contributed by atoms with Gasteiger partial charge in [-0.1, -0.05) is 12.1 Å². The van der Waals surface area contributed by atoms with Crippen LogP contribution in [0.2, 0.25) is 0 Å². The van der Waals surface area contributed by atoms with Crippen molar-refractivity contribution in [3.63, 3.8) is 0 Å². The molecule has 0 unspecified atom stereocenters. The number of rotatable bonds is 3. The normalized spacial score (nSPS) is 14.8. The lowest BCUT2D eigenvalue weighted by Crippen LogP contribution is -2.50. The van der Waals surface area contributed by atoms with Crippen molar-refractivity contribution in [3.05, 3.63) is 56.8 Å². The highest BCUT2D eigenvalue weighted by Gasteiger charge is 2.27. The minimum Gasteiger partial charge on any atom is -0.444 e. The van der Waals surface area contributed by atoms with Crippen LogP contribution in [0.25, 0.3) is 0 Å². The van der Waals surface area contributed by atoms with E-state index in [1.165, 1.54) is 23.0 Å². The number of hydrogen-bond acceptors (Lipinski definition) is 5. The number of carbonyl (C=O) groups excluding carboxylic acids is 1. The zero-order chi connectivity index (χ0) is 21.2. The van der Waals surface area contributed by atoms with Crippen molar-refractivity contribution < 1.29 is 13.9 Å². The summed E-state index contributed by atoms with van der Waals surface area (Å²) in [6.45, 7) is 7.78. The van der Waals surface area contributed by atoms with E-state index >= 15 is 0 Å². The van der Waals surface area contributed by atoms with Gasteiger partial charge in [0.15, 0.2) is 0 Å². The molecule has 156 valence electrons. The van der Waals surface area contributed by atoms with Gasteiger partial charge in [-0.05, 0) is 54.4 Å². The standard InChI is InChI=1S/C20H24BrFN4O3/c1-20(2,3)29-19(28)25-9-7-24(8-10-25)17-16(21)18(27)26(13-23-17)12-14-5-4-6-15(22)11-14/h4-6,11,13H,7-10,12H2,1-3H3. The molecule has 2 heterocycles. The molecule has 0 bridgehead atoms. The molecule has 1 amide bonds. The lowest BCUT2D eigenvalue weighted by molar-refractivity contribution is 0.0240. The van der Waals surface area contributed by atoms with Crippen LogP contribution < -0.4 is 10.5 Å². The van der Waals surface area contributed by atoms with Crippen LogP contribution in [0.5, 0.6) is 0 Å². The molecule has 2 aromatic rings. The molecule has 1 fully saturated rings. The predicted octanol–water partition coefficient (Wildman–Crippen LogP) is 3.25. The van der Waals surface area contributed by atoms with Crippen molar-refractivity contribution in [1.29, 1.82) is 0 Å². The molecule has 1 aromatic carbocycles. The Morgan fingerprint density at radius 3 is 2.55 bits per heavy atom. The van der Waals surface area contributed by atoms with E-state index in [2.05, 4.69) is 20.9 Å². The molecule has 0 aliphatic carbocycles. The quantitative estimate of drug-likeness (QED) is 0.694. The number of hydrogen-bond donors (Lipinski definition) is 0. The Balaban J connectivity index is 1.69. The van der Waals surface area contributed by atoms with E-state index in [1.807, 2.05) is 25.7 Å². The summed E-state index contributed by atoms with van der Waals surface area (Å²) >= 11 is 3.36. The highest BCUT2D eigenvalue weighted by Crippen LogP contribution is 2.22. The number of carbonyl (C=O) groups is 1. The Morgan fingerprint density at radius 1 is 1.24 bits per heavy atom. The number of anilines is 1. The third-order valence-corrected chi connectivity index (χ3v) is 5.13. The van der Waals surface area contributed by atoms with Gasteiger partial charge in [0.2, 0.25) is 0 Å². The number of benzene rings is 1. The van der Waals surface area contributed by atoms with Crippen molar-refractivity contribution in [2.24, 2.45) is 0 Å². The second kappa shape index (κ2) is 8.52. The van der Waals surface area contributed by atoms with Gasteiger partial charge in [0.25, 0.3) is 5.56 Å². The lowest BCUT2D eigenvalue weighted by atomic mass is 10.2. The van der Waals surface area contributed by atoms with Crippen molar-refractivity contribution in [1.82, 2.24) is 14.5 Å². The van der Waals surface area contributed by atoms with Crippen molar-refractivity contribution >= 4 is 27.8 Å². The molecular weight excluding hydrogens is 443 g/mol. The van der Waals surface area contributed by atoms with Gasteiger partial charge in [0.1, 0.15) is 28.0 Å². The summed E-state index contributed by atoms with van der Waals surface area (Å²) < 4.78 is 20.6. The third kappa shape index (κ3) is 5.35. The van der Waals surface area contributed by atoms with Gasteiger partial charge in [-0.15, -0.1) is 0 Å². The van der Waals surface area contributed by atoms with Gasteiger partial charge in [-0.3, -0.25) is 9.36 Å². The summed E-state index contributed by atoms with van der Waals surface area (Å²) in [7, 11) is 0. The lowest BCUT2D eigenvalue weighted by Gasteiger charge is -2.36. The Hall–Kier alpha value is -2.42. The average Bonchev–Trinajstić information content (AvgIpc) is 2.64. The second-order valence-electron chi connectivity index (χ2n) is 7.90. The molecule has 0 N–H and O–H groups in total. The molecule has 7 nitrogen and oxygen atoms in total. The maximum atomic E-state index is 13.4. The van der Waals surface area contributed by atoms with Gasteiger partial charge < -0.3 is 14.5 Å². The Labute approximate surface area is 177 Å². The monoisotopic (exact) mass is 466 g/mol. The number of piperazine rings is 1. The maximum Gasteiger partial charge on any atom is 0.410 e. The number of nitrogens with zero attached hydrogens (tertiary/aromatic N) is 4. The molecular formula is C20H24BrFN4O3. The fourth-order valence-corrected chi connectivity index (χ4v) is 3.63. The summed E-state index contributed by atoms with van der Waals surface area (Å²) in [6.07, 6.45) is 1.13. The van der Waals surface area contributed by atoms with Gasteiger partial charge in [0, 0.05) is 26.2 Å². The van der Waals surface area contributed by atoms with Crippen LogP contribution in [0.15, 0.2) is 39.9 Å². The van der Waals surface area contributed by atoms with E-state index in [9.17, 15) is 14.0 Å². The molecule has 0 spiro atoms. The van der Waals surface area contributed by atoms with E-state index in [4.69, 9.17) is 4.74 Å². The molecule has 0 atom stereocenters. The van der Waals surface area contributed by atoms with E-state index in [0.717, 1.165) is 0 Å². The molecule has 29 heavy (non-hydrogen) atoms. The van der Waals surface area contributed by atoms with Crippen LogP contribution in [-0.2, 0) is 11.3 Å². The molecule has 9 heteroatoms. The summed E-state index contributed by atoms with van der Waals surface area (Å²) in [6, 6.07) is 6.12. The van der Waals surface area contributed by atoms with Crippen LogP contribution in [0.1, 0.15) is 26.3 Å². The summed E-state index contributed by atoms with van der Waals surface area (Å²) in [5.74, 6) is 0.191. The molecule has 0 saturated carbocycles. The third-order valence-electron chi connectivity index (χ3n) is 4.44. The fourth-order valence-electron chi connectivity index (χ4n) is 3.05. The Bertz CT molecular complexity index is 949. The molecule has 3 rings (SSSR count). The zero-order valence-corrected chi connectivity index (χ0v) is 18.3. The molecule has 1 saturated heterocycles. The molecule has 0 radical (unpaired) electrons. The van der Waals surface area contributed by atoms with E-state index < -0.39 is 5.60 Å². The first-order valence-corrected chi connectivity index (χ1v) is 10.2. The maximum absolute atomic E-state index is 13.4. The van der Waals surface area contributed by atoms with Crippen LogP contribution in [0.3, 0.4) is 0 Å². The first-order chi connectivity index (χ1) is 13.6. The Morgan fingerprint density at radius 2 is 1.93 bits per heavy atom. The van der Waals surface area contributed by atoms with Crippen molar-refractivity contribution in [2.75, 3.05) is 31.1 Å². The first-order valence-electron chi connectivity index (χ1n) is 9.36. The minimum absolute atomic E-state index is 0.231. The van der Waals surface area contributed by atoms with Gasteiger partial charge in [0.05, 0.1) is 6.54 Å². The molecule has 1 aromatic heterocycles. The summed E-state index contributed by atoms with van der Waals surface area (Å²) in [5.41, 5.74) is -0.0984. The predicted molar refractivity (Wildman–Crippen MR) is 112 cm³/mol. The van der Waals surface area contributed by atoms with E-state index in [-0.39, 0.29) is 24.0 Å². The SMILES string of the molecule is CC(C)(C)OC(=O)N1CCN(c2ncn(Cc3cccc(F)c3)c(=O)c2Br)CC1. The first kappa shape index (κ1) is 21.3. The molecule has 1 aliphatic rings. The van der Waals surface area contributed by atoms with Crippen LogP contribution in [0, 0.1) is 5.82 Å². The van der Waals surface area contributed by atoms with Gasteiger partial charge >= 0.3 is 6.09 Å². The topological polar surface area (TPSA) is 67.7 Å². The smallest absolute Gasteiger partial charge is 0.410 e. The van der Waals surface area contributed by atoms with Crippen LogP contribution >= 0.6 is 15.9 Å². The summed E-state index contributed by atoms with van der Waals surface area (Å²) in [4.78, 5) is 33.0. The Kier molecular flexibility index (Phi) is 6.26. The fraction of sp³-hybridized carbons (Fsp3) is 0.450. The zero-order valence-electron chi connectivity index (χ0n) is 16.7. The largest absolute Gasteiger partial charge is 0.444 e. The summed E-state index contributed by atoms with van der Waals surface area (Å²) in [5, 5.41) is 0. The van der Waals surface area contributed by atoms with E-state index in [1.54, 1.807) is 17.0 Å².